The Morgan fingerprint density at radius 2 is 1.78 bits per heavy atom. The summed E-state index contributed by atoms with van der Waals surface area (Å²) in [6, 6.07) is 8.13. The fourth-order valence-corrected chi connectivity index (χ4v) is 2.19. The van der Waals surface area contributed by atoms with Gasteiger partial charge in [-0.2, -0.15) is 0 Å². The molecule has 0 fully saturated rings. The summed E-state index contributed by atoms with van der Waals surface area (Å²) in [5.41, 5.74) is 6.85. The van der Waals surface area contributed by atoms with Gasteiger partial charge in [-0.15, -0.1) is 10.2 Å². The molecular formula is C13H17N3OS. The molecule has 1 heterocycles. The maximum Gasteiger partial charge on any atom is 0.203 e. The summed E-state index contributed by atoms with van der Waals surface area (Å²) in [4.78, 5) is 0. The van der Waals surface area contributed by atoms with Gasteiger partial charge in [0.25, 0.3) is 0 Å². The lowest BCUT2D eigenvalue weighted by atomic mass is 10.0. The first kappa shape index (κ1) is 12.8. The monoisotopic (exact) mass is 263 g/mol. The van der Waals surface area contributed by atoms with Crippen LogP contribution in [0.5, 0.6) is 5.75 Å². The van der Waals surface area contributed by atoms with Crippen LogP contribution >= 0.6 is 11.3 Å². The van der Waals surface area contributed by atoms with E-state index in [1.165, 1.54) is 16.9 Å². The third-order valence-electron chi connectivity index (χ3n) is 2.66. The summed E-state index contributed by atoms with van der Waals surface area (Å²) >= 11 is 1.35. The molecule has 0 bridgehead atoms. The van der Waals surface area contributed by atoms with Gasteiger partial charge in [-0.3, -0.25) is 0 Å². The van der Waals surface area contributed by atoms with E-state index in [-0.39, 0.29) is 6.10 Å². The van der Waals surface area contributed by atoms with Crippen LogP contribution in [0.4, 0.5) is 5.13 Å². The van der Waals surface area contributed by atoms with E-state index >= 15 is 0 Å². The van der Waals surface area contributed by atoms with Crippen molar-refractivity contribution < 1.29 is 4.74 Å². The Hall–Kier alpha value is -1.62. The van der Waals surface area contributed by atoms with Gasteiger partial charge in [0.05, 0.1) is 0 Å². The van der Waals surface area contributed by atoms with Crippen molar-refractivity contribution in [1.82, 2.24) is 10.2 Å². The molecule has 0 saturated carbocycles. The number of nitrogens with zero attached hydrogens (tertiary/aromatic N) is 2. The molecule has 0 aliphatic rings. The van der Waals surface area contributed by atoms with Gasteiger partial charge in [-0.1, -0.05) is 37.3 Å². The molecule has 0 spiro atoms. The van der Waals surface area contributed by atoms with Crippen molar-refractivity contribution in [3.05, 3.63) is 34.8 Å². The third kappa shape index (κ3) is 2.98. The normalized spacial score (nSPS) is 12.7. The number of benzene rings is 1. The molecule has 2 N–H and O–H groups in total. The second-order valence-electron chi connectivity index (χ2n) is 4.46. The summed E-state index contributed by atoms with van der Waals surface area (Å²) in [6.07, 6.45) is -0.135. The standard InChI is InChI=1S/C13H17N3OS/c1-8(2)10-4-6-11(7-5-10)17-9(3)12-15-16-13(14)18-12/h4-9H,1-3H3,(H2,14,16). The molecule has 1 aromatic heterocycles. The van der Waals surface area contributed by atoms with Crippen LogP contribution in [0.25, 0.3) is 0 Å². The molecular weight excluding hydrogens is 246 g/mol. The number of hydrogen-bond acceptors (Lipinski definition) is 5. The topological polar surface area (TPSA) is 61.0 Å². The second kappa shape index (κ2) is 5.35. The van der Waals surface area contributed by atoms with E-state index in [0.717, 1.165) is 10.8 Å². The van der Waals surface area contributed by atoms with Crippen LogP contribution in [0.2, 0.25) is 0 Å². The summed E-state index contributed by atoms with van der Waals surface area (Å²) in [5.74, 6) is 1.36. The average molecular weight is 263 g/mol. The van der Waals surface area contributed by atoms with Gasteiger partial charge in [-0.05, 0) is 30.5 Å². The van der Waals surface area contributed by atoms with E-state index in [1.807, 2.05) is 19.1 Å². The van der Waals surface area contributed by atoms with Gasteiger partial charge in [-0.25, -0.2) is 0 Å². The van der Waals surface area contributed by atoms with Crippen LogP contribution in [0.3, 0.4) is 0 Å². The van der Waals surface area contributed by atoms with E-state index in [0.29, 0.717) is 11.0 Å². The van der Waals surface area contributed by atoms with E-state index in [1.54, 1.807) is 0 Å². The van der Waals surface area contributed by atoms with Gasteiger partial charge in [0, 0.05) is 0 Å². The zero-order valence-corrected chi connectivity index (χ0v) is 11.6. The number of hydrogen-bond donors (Lipinski definition) is 1. The van der Waals surface area contributed by atoms with Crippen LogP contribution < -0.4 is 10.5 Å². The maximum atomic E-state index is 5.80. The summed E-state index contributed by atoms with van der Waals surface area (Å²) in [7, 11) is 0. The molecule has 4 nitrogen and oxygen atoms in total. The minimum atomic E-state index is -0.135. The maximum absolute atomic E-state index is 5.80. The Morgan fingerprint density at radius 1 is 1.11 bits per heavy atom. The Bertz CT molecular complexity index is 507. The second-order valence-corrected chi connectivity index (χ2v) is 5.50. The van der Waals surface area contributed by atoms with Crippen molar-refractivity contribution in [2.45, 2.75) is 32.8 Å². The first-order valence-corrected chi connectivity index (χ1v) is 6.73. The number of rotatable bonds is 4. The predicted octanol–water partition coefficient (Wildman–Crippen LogP) is 3.38. The Balaban J connectivity index is 2.05. The van der Waals surface area contributed by atoms with Crippen molar-refractivity contribution in [3.8, 4) is 5.75 Å². The number of ether oxygens (including phenoxy) is 1. The Morgan fingerprint density at radius 3 is 2.28 bits per heavy atom. The van der Waals surface area contributed by atoms with E-state index < -0.39 is 0 Å². The molecule has 1 atom stereocenters. The Kier molecular flexibility index (Phi) is 3.81. The summed E-state index contributed by atoms with van der Waals surface area (Å²) < 4.78 is 5.80. The molecule has 0 saturated heterocycles. The minimum Gasteiger partial charge on any atom is -0.483 e. The largest absolute Gasteiger partial charge is 0.483 e. The van der Waals surface area contributed by atoms with Gasteiger partial charge in [0.15, 0.2) is 5.01 Å². The van der Waals surface area contributed by atoms with Gasteiger partial charge in [0.1, 0.15) is 11.9 Å². The minimum absolute atomic E-state index is 0.135. The summed E-state index contributed by atoms with van der Waals surface area (Å²) in [5, 5.41) is 9.02. The third-order valence-corrected chi connectivity index (χ3v) is 3.58. The number of anilines is 1. The highest BCUT2D eigenvalue weighted by atomic mass is 32.1. The first-order valence-electron chi connectivity index (χ1n) is 5.91. The molecule has 18 heavy (non-hydrogen) atoms. The molecule has 0 amide bonds. The first-order chi connectivity index (χ1) is 8.56. The van der Waals surface area contributed by atoms with Crippen LogP contribution in [0, 0.1) is 0 Å². The quantitative estimate of drug-likeness (QED) is 0.918. The molecule has 1 unspecified atom stereocenters. The fourth-order valence-electron chi connectivity index (χ4n) is 1.60. The SMILES string of the molecule is CC(C)c1ccc(OC(C)c2nnc(N)s2)cc1. The predicted molar refractivity (Wildman–Crippen MR) is 73.9 cm³/mol. The lowest BCUT2D eigenvalue weighted by Gasteiger charge is -2.12. The van der Waals surface area contributed by atoms with Crippen molar-refractivity contribution in [3.63, 3.8) is 0 Å². The lowest BCUT2D eigenvalue weighted by Crippen LogP contribution is -2.02. The van der Waals surface area contributed by atoms with E-state index in [2.05, 4.69) is 36.2 Å². The van der Waals surface area contributed by atoms with Crippen molar-refractivity contribution in [2.75, 3.05) is 5.73 Å². The number of nitrogens with two attached hydrogens (primary N) is 1. The van der Waals surface area contributed by atoms with Crippen LogP contribution in [0.15, 0.2) is 24.3 Å². The molecule has 0 aliphatic carbocycles. The zero-order chi connectivity index (χ0) is 13.1. The zero-order valence-electron chi connectivity index (χ0n) is 10.8. The van der Waals surface area contributed by atoms with Crippen molar-refractivity contribution in [1.29, 1.82) is 0 Å². The highest BCUT2D eigenvalue weighted by Crippen LogP contribution is 2.26. The number of nitrogen functional groups attached to an aromatic ring is 1. The van der Waals surface area contributed by atoms with E-state index in [9.17, 15) is 0 Å². The highest BCUT2D eigenvalue weighted by Gasteiger charge is 2.12. The lowest BCUT2D eigenvalue weighted by molar-refractivity contribution is 0.225. The molecule has 0 aliphatic heterocycles. The smallest absolute Gasteiger partial charge is 0.203 e. The molecule has 96 valence electrons. The van der Waals surface area contributed by atoms with Crippen LogP contribution in [-0.2, 0) is 0 Å². The van der Waals surface area contributed by atoms with E-state index in [4.69, 9.17) is 10.5 Å². The molecule has 1 aromatic carbocycles. The average Bonchev–Trinajstić information content (AvgIpc) is 2.76. The highest BCUT2D eigenvalue weighted by molar-refractivity contribution is 7.15. The van der Waals surface area contributed by atoms with Crippen molar-refractivity contribution >= 4 is 16.5 Å². The molecule has 2 aromatic rings. The Labute approximate surface area is 111 Å². The van der Waals surface area contributed by atoms with Gasteiger partial charge >= 0.3 is 0 Å². The molecule has 5 heteroatoms. The molecule has 0 radical (unpaired) electrons. The van der Waals surface area contributed by atoms with Gasteiger partial charge in [0.2, 0.25) is 5.13 Å². The summed E-state index contributed by atoms with van der Waals surface area (Å²) in [6.45, 7) is 6.28. The van der Waals surface area contributed by atoms with Crippen LogP contribution in [-0.4, -0.2) is 10.2 Å². The molecule has 2 rings (SSSR count). The number of aromatic nitrogens is 2. The van der Waals surface area contributed by atoms with Crippen LogP contribution in [0.1, 0.15) is 43.4 Å². The van der Waals surface area contributed by atoms with Gasteiger partial charge < -0.3 is 10.5 Å². The van der Waals surface area contributed by atoms with Crippen molar-refractivity contribution in [2.24, 2.45) is 0 Å². The fraction of sp³-hybridized carbons (Fsp3) is 0.385.